The van der Waals surface area contributed by atoms with Crippen molar-refractivity contribution in [1.29, 1.82) is 0 Å². The first-order valence-electron chi connectivity index (χ1n) is 11.5. The maximum absolute atomic E-state index is 14.6. The molecule has 0 aliphatic heterocycles. The summed E-state index contributed by atoms with van der Waals surface area (Å²) in [6.07, 6.45) is 12.0. The van der Waals surface area contributed by atoms with Crippen LogP contribution in [0.2, 0.25) is 0 Å². The first-order chi connectivity index (χ1) is 12.4. The SMILES string of the molecule is CC1CCC(CCC2CCC(C(F)(F)OC3CCC(C)CC3)CC2)CC1. The zero-order valence-corrected chi connectivity index (χ0v) is 17.0. The zero-order valence-electron chi connectivity index (χ0n) is 17.0. The van der Waals surface area contributed by atoms with Gasteiger partial charge in [-0.1, -0.05) is 52.4 Å². The second-order valence-corrected chi connectivity index (χ2v) is 9.98. The van der Waals surface area contributed by atoms with Gasteiger partial charge in [0.1, 0.15) is 0 Å². The van der Waals surface area contributed by atoms with E-state index >= 15 is 0 Å². The van der Waals surface area contributed by atoms with Gasteiger partial charge >= 0.3 is 6.11 Å². The van der Waals surface area contributed by atoms with E-state index in [1.807, 2.05) is 0 Å². The Labute approximate surface area is 159 Å². The number of alkyl halides is 2. The molecular formula is C23H40F2O. The van der Waals surface area contributed by atoms with Crippen LogP contribution >= 0.6 is 0 Å². The van der Waals surface area contributed by atoms with Gasteiger partial charge in [0.15, 0.2) is 0 Å². The number of hydrogen-bond donors (Lipinski definition) is 0. The van der Waals surface area contributed by atoms with E-state index < -0.39 is 12.0 Å². The maximum Gasteiger partial charge on any atom is 0.358 e. The topological polar surface area (TPSA) is 9.23 Å². The maximum atomic E-state index is 14.6. The Morgan fingerprint density at radius 3 is 1.58 bits per heavy atom. The van der Waals surface area contributed by atoms with Crippen LogP contribution in [0.3, 0.4) is 0 Å². The van der Waals surface area contributed by atoms with Gasteiger partial charge in [-0.05, 0) is 75.0 Å². The summed E-state index contributed by atoms with van der Waals surface area (Å²) in [5.41, 5.74) is 0. The fourth-order valence-corrected chi connectivity index (χ4v) is 5.54. The summed E-state index contributed by atoms with van der Waals surface area (Å²) in [5.74, 6) is 2.62. The Hall–Kier alpha value is -0.180. The average Bonchev–Trinajstić information content (AvgIpc) is 2.63. The van der Waals surface area contributed by atoms with Gasteiger partial charge in [0.2, 0.25) is 0 Å². The monoisotopic (exact) mass is 370 g/mol. The van der Waals surface area contributed by atoms with Gasteiger partial charge in [-0.15, -0.1) is 0 Å². The lowest BCUT2D eigenvalue weighted by atomic mass is 9.75. The molecular weight excluding hydrogens is 330 g/mol. The summed E-state index contributed by atoms with van der Waals surface area (Å²) in [4.78, 5) is 0. The van der Waals surface area contributed by atoms with Gasteiger partial charge in [0.25, 0.3) is 0 Å². The van der Waals surface area contributed by atoms with Crippen molar-refractivity contribution >= 4 is 0 Å². The number of hydrogen-bond acceptors (Lipinski definition) is 1. The summed E-state index contributed by atoms with van der Waals surface area (Å²) in [6, 6.07) is 0. The molecule has 0 aromatic rings. The molecule has 0 bridgehead atoms. The molecule has 0 unspecified atom stereocenters. The second kappa shape index (κ2) is 9.34. The molecule has 0 saturated heterocycles. The molecule has 3 aliphatic rings. The van der Waals surface area contributed by atoms with E-state index in [4.69, 9.17) is 4.74 Å². The van der Waals surface area contributed by atoms with Crippen LogP contribution in [0.15, 0.2) is 0 Å². The first-order valence-corrected chi connectivity index (χ1v) is 11.5. The molecule has 0 amide bonds. The normalized spacial score (nSPS) is 39.7. The smallest absolute Gasteiger partial charge is 0.317 e. The molecule has 0 aromatic heterocycles. The molecule has 3 rings (SSSR count). The summed E-state index contributed by atoms with van der Waals surface area (Å²) in [6.45, 7) is 4.58. The van der Waals surface area contributed by atoms with E-state index in [1.165, 1.54) is 38.5 Å². The van der Waals surface area contributed by atoms with Crippen molar-refractivity contribution in [3.63, 3.8) is 0 Å². The lowest BCUT2D eigenvalue weighted by Gasteiger charge is -2.37. The van der Waals surface area contributed by atoms with E-state index in [9.17, 15) is 8.78 Å². The molecule has 0 heterocycles. The van der Waals surface area contributed by atoms with Crippen LogP contribution in [0.1, 0.15) is 104 Å². The van der Waals surface area contributed by atoms with Crippen molar-refractivity contribution in [2.75, 3.05) is 0 Å². The molecule has 0 aromatic carbocycles. The van der Waals surface area contributed by atoms with Crippen molar-refractivity contribution < 1.29 is 13.5 Å². The minimum absolute atomic E-state index is 0.215. The third kappa shape index (κ3) is 5.91. The molecule has 152 valence electrons. The largest absolute Gasteiger partial charge is 0.358 e. The molecule has 3 aliphatic carbocycles. The third-order valence-electron chi connectivity index (χ3n) is 7.73. The molecule has 26 heavy (non-hydrogen) atoms. The lowest BCUT2D eigenvalue weighted by molar-refractivity contribution is -0.301. The third-order valence-corrected chi connectivity index (χ3v) is 7.73. The molecule has 0 N–H and O–H groups in total. The van der Waals surface area contributed by atoms with E-state index in [-0.39, 0.29) is 6.10 Å². The molecule has 3 heteroatoms. The van der Waals surface area contributed by atoms with Gasteiger partial charge in [0, 0.05) is 0 Å². The van der Waals surface area contributed by atoms with Crippen LogP contribution in [-0.2, 0) is 4.74 Å². The van der Waals surface area contributed by atoms with E-state index in [2.05, 4.69) is 13.8 Å². The minimum Gasteiger partial charge on any atom is -0.317 e. The highest BCUT2D eigenvalue weighted by atomic mass is 19.3. The standard InChI is InChI=1S/C23H40F2O/c1-17-3-7-19(8-4-17)9-10-20-11-13-21(14-12-20)23(24,25)26-22-15-5-18(2)6-16-22/h17-22H,3-16H2,1-2H3. The van der Waals surface area contributed by atoms with Gasteiger partial charge in [-0.3, -0.25) is 0 Å². The average molecular weight is 371 g/mol. The highest BCUT2D eigenvalue weighted by molar-refractivity contribution is 4.81. The van der Waals surface area contributed by atoms with Crippen molar-refractivity contribution in [1.82, 2.24) is 0 Å². The van der Waals surface area contributed by atoms with Crippen molar-refractivity contribution in [2.45, 2.75) is 116 Å². The number of halogens is 2. The highest BCUT2D eigenvalue weighted by Crippen LogP contribution is 2.43. The van der Waals surface area contributed by atoms with Crippen LogP contribution in [-0.4, -0.2) is 12.2 Å². The first kappa shape index (κ1) is 20.6. The summed E-state index contributed by atoms with van der Waals surface area (Å²) < 4.78 is 34.6. The Balaban J connectivity index is 1.35. The molecule has 3 fully saturated rings. The Morgan fingerprint density at radius 1 is 0.654 bits per heavy atom. The van der Waals surface area contributed by atoms with Crippen molar-refractivity contribution in [3.8, 4) is 0 Å². The fraction of sp³-hybridized carbons (Fsp3) is 1.00. The summed E-state index contributed by atoms with van der Waals surface area (Å²) in [7, 11) is 0. The summed E-state index contributed by atoms with van der Waals surface area (Å²) in [5, 5.41) is 0. The second-order valence-electron chi connectivity index (χ2n) is 9.98. The Morgan fingerprint density at radius 2 is 1.08 bits per heavy atom. The van der Waals surface area contributed by atoms with Crippen LogP contribution in [0.25, 0.3) is 0 Å². The fourth-order valence-electron chi connectivity index (χ4n) is 5.54. The van der Waals surface area contributed by atoms with Crippen LogP contribution in [0.5, 0.6) is 0 Å². The van der Waals surface area contributed by atoms with Crippen LogP contribution < -0.4 is 0 Å². The predicted molar refractivity (Wildman–Crippen MR) is 103 cm³/mol. The molecule has 0 atom stereocenters. The van der Waals surface area contributed by atoms with Crippen LogP contribution in [0.4, 0.5) is 8.78 Å². The lowest BCUT2D eigenvalue weighted by Crippen LogP contribution is -2.39. The summed E-state index contributed by atoms with van der Waals surface area (Å²) >= 11 is 0. The molecule has 0 spiro atoms. The predicted octanol–water partition coefficient (Wildman–Crippen LogP) is 7.59. The van der Waals surface area contributed by atoms with Crippen LogP contribution in [0, 0.1) is 29.6 Å². The quantitative estimate of drug-likeness (QED) is 0.468. The number of ether oxygens (including phenoxy) is 1. The zero-order chi connectivity index (χ0) is 18.6. The van der Waals surface area contributed by atoms with E-state index in [0.29, 0.717) is 24.7 Å². The van der Waals surface area contributed by atoms with Crippen molar-refractivity contribution in [3.05, 3.63) is 0 Å². The number of rotatable bonds is 6. The molecule has 0 radical (unpaired) electrons. The van der Waals surface area contributed by atoms with Gasteiger partial charge in [-0.2, -0.15) is 8.78 Å². The van der Waals surface area contributed by atoms with Crippen molar-refractivity contribution in [2.24, 2.45) is 29.6 Å². The Kier molecular flexibility index (Phi) is 7.39. The van der Waals surface area contributed by atoms with E-state index in [1.54, 1.807) is 0 Å². The van der Waals surface area contributed by atoms with E-state index in [0.717, 1.165) is 50.4 Å². The van der Waals surface area contributed by atoms with Gasteiger partial charge in [0.05, 0.1) is 12.0 Å². The Bertz CT molecular complexity index is 400. The highest BCUT2D eigenvalue weighted by Gasteiger charge is 2.44. The van der Waals surface area contributed by atoms with Gasteiger partial charge in [-0.25, -0.2) is 0 Å². The molecule has 1 nitrogen and oxygen atoms in total. The minimum atomic E-state index is -2.91. The van der Waals surface area contributed by atoms with Gasteiger partial charge < -0.3 is 4.74 Å². The molecule has 3 saturated carbocycles.